The number of amides is 1. The minimum absolute atomic E-state index is 0.0251. The average Bonchev–Trinajstić information content (AvgIpc) is 3.57. The summed E-state index contributed by atoms with van der Waals surface area (Å²) in [6.07, 6.45) is 2.77. The average molecular weight is 455 g/mol. The van der Waals surface area contributed by atoms with Crippen molar-refractivity contribution in [1.29, 1.82) is 0 Å². The van der Waals surface area contributed by atoms with E-state index in [-0.39, 0.29) is 5.91 Å². The van der Waals surface area contributed by atoms with Crippen molar-refractivity contribution in [2.75, 3.05) is 0 Å². The summed E-state index contributed by atoms with van der Waals surface area (Å²) in [5, 5.41) is 12.6. The van der Waals surface area contributed by atoms with E-state index in [1.807, 2.05) is 54.6 Å². The Morgan fingerprint density at radius 1 is 1.00 bits per heavy atom. The smallest absolute Gasteiger partial charge is 0.238 e. The van der Waals surface area contributed by atoms with Crippen molar-refractivity contribution >= 4 is 17.7 Å². The van der Waals surface area contributed by atoms with E-state index in [1.165, 1.54) is 17.3 Å². The first kappa shape index (κ1) is 21.5. The lowest BCUT2D eigenvalue weighted by Crippen LogP contribution is -2.30. The summed E-state index contributed by atoms with van der Waals surface area (Å²) in [5.41, 5.74) is 4.29. The molecule has 1 heterocycles. The van der Waals surface area contributed by atoms with E-state index in [0.29, 0.717) is 17.6 Å². The van der Waals surface area contributed by atoms with Crippen LogP contribution in [0.1, 0.15) is 40.6 Å². The van der Waals surface area contributed by atoms with Gasteiger partial charge in [-0.1, -0.05) is 84.6 Å². The normalized spacial score (nSPS) is 14.1. The highest BCUT2D eigenvalue weighted by molar-refractivity contribution is 8.00. The highest BCUT2D eigenvalue weighted by Gasteiger charge is 2.31. The molecule has 0 saturated heterocycles. The number of hydrogen-bond donors (Lipinski definition) is 1. The molecule has 4 aromatic rings. The third-order valence-corrected chi connectivity index (χ3v) is 6.85. The molecule has 1 fully saturated rings. The third-order valence-electron chi connectivity index (χ3n) is 5.65. The van der Waals surface area contributed by atoms with Crippen molar-refractivity contribution in [3.63, 3.8) is 0 Å². The highest BCUT2D eigenvalue weighted by atomic mass is 32.2. The summed E-state index contributed by atoms with van der Waals surface area (Å²) in [4.78, 5) is 13.2. The van der Waals surface area contributed by atoms with Crippen LogP contribution in [0.2, 0.25) is 0 Å². The number of rotatable bonds is 8. The van der Waals surface area contributed by atoms with E-state index in [9.17, 15) is 4.79 Å². The van der Waals surface area contributed by atoms with Crippen LogP contribution in [0, 0.1) is 6.92 Å². The molecule has 5 rings (SSSR count). The molecule has 1 atom stereocenters. The Balaban J connectivity index is 1.53. The highest BCUT2D eigenvalue weighted by Crippen LogP contribution is 2.37. The lowest BCUT2D eigenvalue weighted by Gasteiger charge is -2.18. The van der Waals surface area contributed by atoms with Crippen molar-refractivity contribution in [3.05, 3.63) is 107 Å². The molecule has 0 bridgehead atoms. The van der Waals surface area contributed by atoms with Crippen LogP contribution in [0.15, 0.2) is 90.1 Å². The summed E-state index contributed by atoms with van der Waals surface area (Å²) in [7, 11) is 0. The zero-order chi connectivity index (χ0) is 22.6. The standard InChI is InChI=1S/C27H26N4OS/c1-19-9-8-14-23(17-19)31-24(18-20-10-4-2-5-11-20)29-30-27(31)33-25(21-12-6-3-7-13-21)26(32)28-22-15-16-22/h2-14,17,22,25H,15-16,18H2,1H3,(H,28,32)/t25-/m1/s1. The number of nitrogens with zero attached hydrogens (tertiary/aromatic N) is 3. The first-order valence-electron chi connectivity index (χ1n) is 11.2. The fourth-order valence-electron chi connectivity index (χ4n) is 3.81. The molecule has 1 saturated carbocycles. The van der Waals surface area contributed by atoms with Crippen molar-refractivity contribution in [2.24, 2.45) is 0 Å². The Morgan fingerprint density at radius 3 is 2.42 bits per heavy atom. The van der Waals surface area contributed by atoms with E-state index in [4.69, 9.17) is 0 Å². The predicted molar refractivity (Wildman–Crippen MR) is 132 cm³/mol. The van der Waals surface area contributed by atoms with E-state index >= 15 is 0 Å². The van der Waals surface area contributed by atoms with Crippen LogP contribution in [0.5, 0.6) is 0 Å². The Bertz CT molecular complexity index is 1240. The number of aromatic nitrogens is 3. The Morgan fingerprint density at radius 2 is 1.73 bits per heavy atom. The van der Waals surface area contributed by atoms with Gasteiger partial charge in [0.25, 0.3) is 0 Å². The lowest BCUT2D eigenvalue weighted by molar-refractivity contribution is -0.120. The number of carbonyl (C=O) groups is 1. The van der Waals surface area contributed by atoms with Gasteiger partial charge >= 0.3 is 0 Å². The van der Waals surface area contributed by atoms with Gasteiger partial charge in [0, 0.05) is 18.2 Å². The minimum Gasteiger partial charge on any atom is -0.352 e. The zero-order valence-corrected chi connectivity index (χ0v) is 19.3. The maximum Gasteiger partial charge on any atom is 0.238 e. The summed E-state index contributed by atoms with van der Waals surface area (Å²) >= 11 is 1.46. The fraction of sp³-hybridized carbons (Fsp3) is 0.222. The van der Waals surface area contributed by atoms with Gasteiger partial charge in [0.2, 0.25) is 5.91 Å². The molecule has 0 radical (unpaired) electrons. The Labute approximate surface area is 198 Å². The molecular formula is C27H26N4OS. The van der Waals surface area contributed by atoms with Gasteiger partial charge in [0.15, 0.2) is 5.16 Å². The number of aryl methyl sites for hydroxylation is 1. The molecule has 5 nitrogen and oxygen atoms in total. The first-order valence-corrected chi connectivity index (χ1v) is 12.1. The molecule has 0 unspecified atom stereocenters. The van der Waals surface area contributed by atoms with E-state index in [2.05, 4.69) is 57.3 Å². The molecule has 1 aromatic heterocycles. The quantitative estimate of drug-likeness (QED) is 0.368. The SMILES string of the molecule is Cc1cccc(-n2c(Cc3ccccc3)nnc2S[C@@H](C(=O)NC2CC2)c2ccccc2)c1. The predicted octanol–water partition coefficient (Wildman–Crippen LogP) is 5.28. The molecule has 1 N–H and O–H groups in total. The van der Waals surface area contributed by atoms with Gasteiger partial charge in [-0.3, -0.25) is 9.36 Å². The lowest BCUT2D eigenvalue weighted by atomic mass is 10.1. The monoisotopic (exact) mass is 454 g/mol. The maximum atomic E-state index is 13.2. The van der Waals surface area contributed by atoms with Gasteiger partial charge in [0.05, 0.1) is 0 Å². The second kappa shape index (κ2) is 9.63. The molecule has 3 aromatic carbocycles. The molecule has 1 aliphatic rings. The van der Waals surface area contributed by atoms with E-state index in [1.54, 1.807) is 0 Å². The summed E-state index contributed by atoms with van der Waals surface area (Å²) in [6.45, 7) is 2.08. The third kappa shape index (κ3) is 5.17. The molecule has 1 aliphatic carbocycles. The summed E-state index contributed by atoms with van der Waals surface area (Å²) in [6, 6.07) is 28.8. The molecule has 0 spiro atoms. The second-order valence-corrected chi connectivity index (χ2v) is 9.50. The van der Waals surface area contributed by atoms with Gasteiger partial charge in [-0.25, -0.2) is 0 Å². The molecule has 33 heavy (non-hydrogen) atoms. The number of hydrogen-bond acceptors (Lipinski definition) is 4. The molecule has 1 amide bonds. The topological polar surface area (TPSA) is 59.8 Å². The number of carbonyl (C=O) groups excluding carboxylic acids is 1. The van der Waals surface area contributed by atoms with Crippen LogP contribution in [-0.2, 0) is 11.2 Å². The van der Waals surface area contributed by atoms with Gasteiger partial charge in [-0.15, -0.1) is 10.2 Å². The Kier molecular flexibility index (Phi) is 6.26. The molecule has 0 aliphatic heterocycles. The Hall–Kier alpha value is -3.38. The maximum absolute atomic E-state index is 13.2. The van der Waals surface area contributed by atoms with Gasteiger partial charge in [-0.2, -0.15) is 0 Å². The van der Waals surface area contributed by atoms with Crippen molar-refractivity contribution < 1.29 is 4.79 Å². The van der Waals surface area contributed by atoms with Crippen LogP contribution >= 0.6 is 11.8 Å². The molecule has 6 heteroatoms. The minimum atomic E-state index is -0.399. The van der Waals surface area contributed by atoms with Crippen molar-refractivity contribution in [2.45, 2.75) is 42.6 Å². The van der Waals surface area contributed by atoms with Crippen LogP contribution in [0.4, 0.5) is 0 Å². The molecular weight excluding hydrogens is 428 g/mol. The van der Waals surface area contributed by atoms with Crippen LogP contribution in [0.25, 0.3) is 5.69 Å². The number of thioether (sulfide) groups is 1. The van der Waals surface area contributed by atoms with Crippen molar-refractivity contribution in [1.82, 2.24) is 20.1 Å². The fourth-order valence-corrected chi connectivity index (χ4v) is 4.89. The summed E-state index contributed by atoms with van der Waals surface area (Å²) < 4.78 is 2.09. The summed E-state index contributed by atoms with van der Waals surface area (Å²) in [5.74, 6) is 0.876. The van der Waals surface area contributed by atoms with Gasteiger partial charge in [0.1, 0.15) is 11.1 Å². The molecule has 166 valence electrons. The van der Waals surface area contributed by atoms with Gasteiger partial charge < -0.3 is 5.32 Å². The van der Waals surface area contributed by atoms with Crippen LogP contribution < -0.4 is 5.32 Å². The number of benzene rings is 3. The van der Waals surface area contributed by atoms with Gasteiger partial charge in [-0.05, 0) is 48.6 Å². The number of nitrogens with one attached hydrogen (secondary N) is 1. The zero-order valence-electron chi connectivity index (χ0n) is 18.5. The van der Waals surface area contributed by atoms with Crippen molar-refractivity contribution in [3.8, 4) is 5.69 Å². The first-order chi connectivity index (χ1) is 16.2. The van der Waals surface area contributed by atoms with Crippen LogP contribution in [0.3, 0.4) is 0 Å². The van der Waals surface area contributed by atoms with Crippen LogP contribution in [-0.4, -0.2) is 26.7 Å². The second-order valence-electron chi connectivity index (χ2n) is 8.43. The van der Waals surface area contributed by atoms with E-state index < -0.39 is 5.25 Å². The largest absolute Gasteiger partial charge is 0.352 e. The van der Waals surface area contributed by atoms with E-state index in [0.717, 1.165) is 35.5 Å².